The van der Waals surface area contributed by atoms with Gasteiger partial charge in [-0.05, 0) is 25.0 Å². The Kier molecular flexibility index (Phi) is 3.70. The van der Waals surface area contributed by atoms with E-state index in [9.17, 15) is 14.7 Å². The molecule has 20 heavy (non-hydrogen) atoms. The van der Waals surface area contributed by atoms with E-state index in [-0.39, 0.29) is 24.0 Å². The highest BCUT2D eigenvalue weighted by molar-refractivity contribution is 6.22. The normalized spacial score (nSPS) is 17.6. The molecule has 1 fully saturated rings. The lowest BCUT2D eigenvalue weighted by molar-refractivity contribution is -0.126. The van der Waals surface area contributed by atoms with Gasteiger partial charge in [0.05, 0.1) is 18.2 Å². The molecule has 0 atom stereocenters. The Hall–Kier alpha value is -2.04. The predicted molar refractivity (Wildman–Crippen MR) is 74.8 cm³/mol. The maximum absolute atomic E-state index is 12.6. The number of carbonyl (C=O) groups excluding carboxylic acids is 2. The first-order valence-electron chi connectivity index (χ1n) is 6.73. The van der Waals surface area contributed by atoms with Crippen LogP contribution in [-0.2, 0) is 9.59 Å². The third-order valence-electron chi connectivity index (χ3n) is 4.17. The summed E-state index contributed by atoms with van der Waals surface area (Å²) in [5, 5.41) is 9.79. The summed E-state index contributed by atoms with van der Waals surface area (Å²) in [6, 6.07) is 4.54. The number of nitrogens with zero attached hydrogens (tertiary/aromatic N) is 1. The molecule has 2 rings (SSSR count). The largest absolute Gasteiger partial charge is 0.504 e. The summed E-state index contributed by atoms with van der Waals surface area (Å²) in [5.41, 5.74) is -0.214. The Morgan fingerprint density at radius 2 is 1.95 bits per heavy atom. The smallest absolute Gasteiger partial charge is 0.240 e. The number of aromatic hydroxyl groups is 1. The second-order valence-corrected chi connectivity index (χ2v) is 5.05. The van der Waals surface area contributed by atoms with Crippen molar-refractivity contribution in [2.75, 3.05) is 12.0 Å². The zero-order chi connectivity index (χ0) is 14.9. The van der Waals surface area contributed by atoms with Crippen molar-refractivity contribution in [2.24, 2.45) is 5.41 Å². The van der Waals surface area contributed by atoms with Crippen molar-refractivity contribution < 1.29 is 19.4 Å². The molecule has 5 nitrogen and oxygen atoms in total. The van der Waals surface area contributed by atoms with Gasteiger partial charge in [0.1, 0.15) is 0 Å². The summed E-state index contributed by atoms with van der Waals surface area (Å²) in [4.78, 5) is 25.9. The van der Waals surface area contributed by atoms with E-state index in [1.165, 1.54) is 18.1 Å². The fourth-order valence-electron chi connectivity index (χ4n) is 2.68. The van der Waals surface area contributed by atoms with Crippen molar-refractivity contribution >= 4 is 17.5 Å². The number of carbonyl (C=O) groups is 2. The average molecular weight is 277 g/mol. The van der Waals surface area contributed by atoms with E-state index in [0.717, 1.165) is 0 Å². The molecule has 1 aromatic rings. The lowest BCUT2D eigenvalue weighted by atomic mass is 9.81. The van der Waals surface area contributed by atoms with Crippen molar-refractivity contribution in [3.8, 4) is 11.5 Å². The number of hydrogen-bond donors (Lipinski definition) is 1. The van der Waals surface area contributed by atoms with E-state index in [1.54, 1.807) is 12.1 Å². The Labute approximate surface area is 118 Å². The molecule has 1 heterocycles. The van der Waals surface area contributed by atoms with Crippen molar-refractivity contribution in [1.82, 2.24) is 0 Å². The number of imide groups is 1. The quantitative estimate of drug-likeness (QED) is 0.858. The predicted octanol–water partition coefficient (Wildman–Crippen LogP) is 2.47. The molecular weight excluding hydrogens is 258 g/mol. The van der Waals surface area contributed by atoms with E-state index in [2.05, 4.69) is 0 Å². The van der Waals surface area contributed by atoms with E-state index in [0.29, 0.717) is 24.3 Å². The van der Waals surface area contributed by atoms with Crippen LogP contribution < -0.4 is 9.64 Å². The second-order valence-electron chi connectivity index (χ2n) is 5.05. The molecule has 0 spiro atoms. The number of ether oxygens (including phenoxy) is 1. The highest BCUT2D eigenvalue weighted by Gasteiger charge is 2.49. The van der Waals surface area contributed by atoms with Gasteiger partial charge < -0.3 is 9.84 Å². The highest BCUT2D eigenvalue weighted by Crippen LogP contribution is 2.42. The van der Waals surface area contributed by atoms with Crippen LogP contribution in [0.5, 0.6) is 11.5 Å². The maximum atomic E-state index is 12.6. The molecule has 1 aliphatic heterocycles. The van der Waals surface area contributed by atoms with E-state index >= 15 is 0 Å². The minimum atomic E-state index is -0.605. The van der Waals surface area contributed by atoms with Crippen LogP contribution >= 0.6 is 0 Å². The van der Waals surface area contributed by atoms with Gasteiger partial charge in [-0.15, -0.1) is 0 Å². The topological polar surface area (TPSA) is 66.8 Å². The number of hydrogen-bond acceptors (Lipinski definition) is 4. The zero-order valence-corrected chi connectivity index (χ0v) is 12.0. The minimum absolute atomic E-state index is 0.0869. The standard InChI is InChI=1S/C15H19NO4/c1-4-15(5-2)9-13(18)16(14(15)19)10-6-7-12(20-3)11(17)8-10/h6-8,17H,4-5,9H2,1-3H3. The number of rotatable bonds is 4. The monoisotopic (exact) mass is 277 g/mol. The van der Waals surface area contributed by atoms with Gasteiger partial charge in [-0.1, -0.05) is 13.8 Å². The second kappa shape index (κ2) is 5.15. The molecule has 2 amide bonds. The molecular formula is C15H19NO4. The number of benzene rings is 1. The van der Waals surface area contributed by atoms with Gasteiger partial charge in [-0.25, -0.2) is 4.90 Å². The first-order chi connectivity index (χ1) is 9.49. The number of anilines is 1. The molecule has 0 unspecified atom stereocenters. The maximum Gasteiger partial charge on any atom is 0.240 e. The molecule has 0 aliphatic carbocycles. The summed E-state index contributed by atoms with van der Waals surface area (Å²) >= 11 is 0. The summed E-state index contributed by atoms with van der Waals surface area (Å²) in [5.74, 6) is -0.179. The van der Waals surface area contributed by atoms with Crippen LogP contribution in [0.25, 0.3) is 0 Å². The summed E-state index contributed by atoms with van der Waals surface area (Å²) in [6.45, 7) is 3.84. The van der Waals surface area contributed by atoms with Gasteiger partial charge in [-0.2, -0.15) is 0 Å². The molecule has 1 N–H and O–H groups in total. The van der Waals surface area contributed by atoms with Gasteiger partial charge in [-0.3, -0.25) is 9.59 Å². The van der Waals surface area contributed by atoms with Gasteiger partial charge in [0.25, 0.3) is 0 Å². The van der Waals surface area contributed by atoms with E-state index in [4.69, 9.17) is 4.74 Å². The molecule has 1 aliphatic rings. The molecule has 1 aromatic carbocycles. The molecule has 108 valence electrons. The SMILES string of the molecule is CCC1(CC)CC(=O)N(c2ccc(OC)c(O)c2)C1=O. The fraction of sp³-hybridized carbons (Fsp3) is 0.467. The molecule has 0 aromatic heterocycles. The zero-order valence-electron chi connectivity index (χ0n) is 12.0. The lowest BCUT2D eigenvalue weighted by Gasteiger charge is -2.23. The van der Waals surface area contributed by atoms with Crippen LogP contribution in [-0.4, -0.2) is 24.0 Å². The average Bonchev–Trinajstić information content (AvgIpc) is 2.70. The number of phenols is 1. The Morgan fingerprint density at radius 1 is 1.30 bits per heavy atom. The van der Waals surface area contributed by atoms with Crippen molar-refractivity contribution in [1.29, 1.82) is 0 Å². The van der Waals surface area contributed by atoms with E-state index in [1.807, 2.05) is 13.8 Å². The Bertz CT molecular complexity index is 549. The lowest BCUT2D eigenvalue weighted by Crippen LogP contribution is -2.35. The van der Waals surface area contributed by atoms with Gasteiger partial charge in [0, 0.05) is 12.5 Å². The minimum Gasteiger partial charge on any atom is -0.504 e. The van der Waals surface area contributed by atoms with Crippen molar-refractivity contribution in [3.63, 3.8) is 0 Å². The van der Waals surface area contributed by atoms with Crippen LogP contribution in [0, 0.1) is 5.41 Å². The van der Waals surface area contributed by atoms with Gasteiger partial charge in [0.2, 0.25) is 11.8 Å². The number of amides is 2. The number of phenolic OH excluding ortho intramolecular Hbond substituents is 1. The van der Waals surface area contributed by atoms with Crippen LogP contribution in [0.4, 0.5) is 5.69 Å². The molecule has 5 heteroatoms. The van der Waals surface area contributed by atoms with Crippen LogP contribution in [0.15, 0.2) is 18.2 Å². The van der Waals surface area contributed by atoms with Crippen molar-refractivity contribution in [2.45, 2.75) is 33.1 Å². The molecule has 0 saturated carbocycles. The Balaban J connectivity index is 2.41. The van der Waals surface area contributed by atoms with Crippen LogP contribution in [0.3, 0.4) is 0 Å². The van der Waals surface area contributed by atoms with Gasteiger partial charge >= 0.3 is 0 Å². The molecule has 0 radical (unpaired) electrons. The summed E-state index contributed by atoms with van der Waals surface area (Å²) in [7, 11) is 1.44. The summed E-state index contributed by atoms with van der Waals surface area (Å²) < 4.78 is 4.96. The van der Waals surface area contributed by atoms with E-state index < -0.39 is 5.41 Å². The number of methoxy groups -OCH3 is 1. The van der Waals surface area contributed by atoms with Crippen LogP contribution in [0.1, 0.15) is 33.1 Å². The molecule has 1 saturated heterocycles. The Morgan fingerprint density at radius 3 is 2.40 bits per heavy atom. The van der Waals surface area contributed by atoms with Crippen LogP contribution in [0.2, 0.25) is 0 Å². The fourth-order valence-corrected chi connectivity index (χ4v) is 2.68. The summed E-state index contributed by atoms with van der Waals surface area (Å²) in [6.07, 6.45) is 1.49. The molecule has 0 bridgehead atoms. The highest BCUT2D eigenvalue weighted by atomic mass is 16.5. The first kappa shape index (κ1) is 14.4. The first-order valence-corrected chi connectivity index (χ1v) is 6.73. The third kappa shape index (κ3) is 2.03. The third-order valence-corrected chi connectivity index (χ3v) is 4.17. The van der Waals surface area contributed by atoms with Gasteiger partial charge in [0.15, 0.2) is 11.5 Å². The van der Waals surface area contributed by atoms with Crippen molar-refractivity contribution in [3.05, 3.63) is 18.2 Å².